The van der Waals surface area contributed by atoms with Gasteiger partial charge in [0.05, 0.1) is 0 Å². The molecule has 0 bridgehead atoms. The van der Waals surface area contributed by atoms with E-state index >= 15 is 0 Å². The summed E-state index contributed by atoms with van der Waals surface area (Å²) >= 11 is 0. The molecule has 0 atom stereocenters. The average Bonchev–Trinajstić information content (AvgIpc) is 2.28. The number of alkyl halides is 2. The molecule has 2 nitrogen and oxygen atoms in total. The van der Waals surface area contributed by atoms with Gasteiger partial charge in [-0.05, 0) is 31.0 Å². The van der Waals surface area contributed by atoms with E-state index in [1.165, 1.54) is 0 Å². The molecule has 0 saturated carbocycles. The summed E-state index contributed by atoms with van der Waals surface area (Å²) in [5, 5.41) is 8.35. The van der Waals surface area contributed by atoms with E-state index in [1.807, 2.05) is 0 Å². The highest BCUT2D eigenvalue weighted by atomic mass is 19.3. The first-order valence-corrected chi connectivity index (χ1v) is 5.38. The molecule has 0 aromatic heterocycles. The molecular formula is C12H12F4O2. The van der Waals surface area contributed by atoms with Crippen LogP contribution in [0.25, 0.3) is 0 Å². The number of rotatable bonds is 6. The molecule has 100 valence electrons. The number of halogens is 4. The topological polar surface area (TPSA) is 37.3 Å². The van der Waals surface area contributed by atoms with Crippen LogP contribution in [-0.2, 0) is 10.7 Å². The Morgan fingerprint density at radius 2 is 1.83 bits per heavy atom. The van der Waals surface area contributed by atoms with Gasteiger partial charge in [0.1, 0.15) is 0 Å². The van der Waals surface area contributed by atoms with Gasteiger partial charge in [0.25, 0.3) is 5.92 Å². The lowest BCUT2D eigenvalue weighted by Crippen LogP contribution is -2.14. The molecule has 0 aliphatic carbocycles. The van der Waals surface area contributed by atoms with E-state index in [-0.39, 0.29) is 19.3 Å². The van der Waals surface area contributed by atoms with Gasteiger partial charge in [-0.1, -0.05) is 0 Å². The third-order valence-corrected chi connectivity index (χ3v) is 2.47. The van der Waals surface area contributed by atoms with Crippen LogP contribution in [0.3, 0.4) is 0 Å². The van der Waals surface area contributed by atoms with E-state index in [0.29, 0.717) is 12.1 Å². The number of carboxylic acid groups (broad SMARTS) is 1. The Hall–Kier alpha value is -1.59. The van der Waals surface area contributed by atoms with Crippen LogP contribution < -0.4 is 0 Å². The molecule has 18 heavy (non-hydrogen) atoms. The summed E-state index contributed by atoms with van der Waals surface area (Å²) in [7, 11) is 0. The van der Waals surface area contributed by atoms with Crippen molar-refractivity contribution in [2.24, 2.45) is 0 Å². The summed E-state index contributed by atoms with van der Waals surface area (Å²) in [6.07, 6.45) is -0.661. The minimum Gasteiger partial charge on any atom is -0.481 e. The van der Waals surface area contributed by atoms with Gasteiger partial charge < -0.3 is 5.11 Å². The lowest BCUT2D eigenvalue weighted by atomic mass is 10.0. The summed E-state index contributed by atoms with van der Waals surface area (Å²) in [4.78, 5) is 10.2. The van der Waals surface area contributed by atoms with Crippen LogP contribution in [0, 0.1) is 11.6 Å². The van der Waals surface area contributed by atoms with Gasteiger partial charge >= 0.3 is 5.97 Å². The number of carbonyl (C=O) groups is 1. The van der Waals surface area contributed by atoms with Crippen molar-refractivity contribution >= 4 is 5.97 Å². The molecule has 1 aromatic rings. The van der Waals surface area contributed by atoms with Crippen LogP contribution in [0.2, 0.25) is 0 Å². The molecule has 0 radical (unpaired) electrons. The maximum Gasteiger partial charge on any atom is 0.303 e. The SMILES string of the molecule is O=C(O)CCCCC(F)(F)c1ccc(F)c(F)c1. The highest BCUT2D eigenvalue weighted by Gasteiger charge is 2.31. The molecule has 0 fully saturated rings. The van der Waals surface area contributed by atoms with Gasteiger partial charge in [0.2, 0.25) is 0 Å². The first-order valence-electron chi connectivity index (χ1n) is 5.38. The molecule has 0 aliphatic heterocycles. The zero-order valence-electron chi connectivity index (χ0n) is 9.43. The molecule has 1 N–H and O–H groups in total. The summed E-state index contributed by atoms with van der Waals surface area (Å²) in [5.41, 5.74) is -0.600. The van der Waals surface area contributed by atoms with E-state index in [9.17, 15) is 22.4 Å². The maximum absolute atomic E-state index is 13.6. The highest BCUT2D eigenvalue weighted by molar-refractivity contribution is 5.66. The van der Waals surface area contributed by atoms with Crippen molar-refractivity contribution in [2.45, 2.75) is 31.6 Å². The number of carboxylic acids is 1. The van der Waals surface area contributed by atoms with Crippen molar-refractivity contribution in [3.05, 3.63) is 35.4 Å². The minimum absolute atomic E-state index is 0.00169. The summed E-state index contributed by atoms with van der Waals surface area (Å²) in [6.45, 7) is 0. The second kappa shape index (κ2) is 5.84. The number of unbranched alkanes of at least 4 members (excludes halogenated alkanes) is 1. The molecule has 1 rings (SSSR count). The highest BCUT2D eigenvalue weighted by Crippen LogP contribution is 2.34. The molecule has 6 heteroatoms. The van der Waals surface area contributed by atoms with Crippen LogP contribution >= 0.6 is 0 Å². The number of hydrogen-bond donors (Lipinski definition) is 1. The summed E-state index contributed by atoms with van der Waals surface area (Å²) in [5.74, 6) is -6.84. The molecule has 0 amide bonds. The van der Waals surface area contributed by atoms with Gasteiger partial charge in [0, 0.05) is 18.4 Å². The van der Waals surface area contributed by atoms with Gasteiger partial charge in [-0.25, -0.2) is 17.6 Å². The van der Waals surface area contributed by atoms with E-state index in [0.717, 1.165) is 6.07 Å². The van der Waals surface area contributed by atoms with Crippen molar-refractivity contribution < 1.29 is 27.5 Å². The van der Waals surface area contributed by atoms with Crippen molar-refractivity contribution in [3.8, 4) is 0 Å². The molecule has 1 aromatic carbocycles. The van der Waals surface area contributed by atoms with Gasteiger partial charge in [0.15, 0.2) is 11.6 Å². The lowest BCUT2D eigenvalue weighted by molar-refractivity contribution is -0.137. The fraction of sp³-hybridized carbons (Fsp3) is 0.417. The van der Waals surface area contributed by atoms with Crippen molar-refractivity contribution in [2.75, 3.05) is 0 Å². The Bertz CT molecular complexity index is 432. The predicted molar refractivity (Wildman–Crippen MR) is 56.4 cm³/mol. The van der Waals surface area contributed by atoms with Gasteiger partial charge in [-0.15, -0.1) is 0 Å². The number of benzene rings is 1. The first-order chi connectivity index (χ1) is 8.33. The molecule has 0 saturated heterocycles. The second-order valence-electron chi connectivity index (χ2n) is 3.93. The Balaban J connectivity index is 2.61. The fourth-order valence-electron chi connectivity index (χ4n) is 1.49. The van der Waals surface area contributed by atoms with E-state index in [1.54, 1.807) is 0 Å². The Morgan fingerprint density at radius 1 is 1.17 bits per heavy atom. The lowest BCUT2D eigenvalue weighted by Gasteiger charge is -2.16. The Labute approximate surface area is 101 Å². The van der Waals surface area contributed by atoms with Crippen LogP contribution in [0.1, 0.15) is 31.2 Å². The largest absolute Gasteiger partial charge is 0.481 e. The molecular weight excluding hydrogens is 252 g/mol. The smallest absolute Gasteiger partial charge is 0.303 e. The monoisotopic (exact) mass is 264 g/mol. The van der Waals surface area contributed by atoms with E-state index in [4.69, 9.17) is 5.11 Å². The Morgan fingerprint density at radius 3 is 2.39 bits per heavy atom. The molecule has 0 spiro atoms. The third-order valence-electron chi connectivity index (χ3n) is 2.47. The van der Waals surface area contributed by atoms with Crippen LogP contribution in [0.5, 0.6) is 0 Å². The third kappa shape index (κ3) is 4.01. The van der Waals surface area contributed by atoms with Crippen molar-refractivity contribution in [3.63, 3.8) is 0 Å². The van der Waals surface area contributed by atoms with Gasteiger partial charge in [-0.2, -0.15) is 0 Å². The van der Waals surface area contributed by atoms with E-state index < -0.39 is 35.5 Å². The van der Waals surface area contributed by atoms with Crippen molar-refractivity contribution in [1.29, 1.82) is 0 Å². The molecule has 0 aliphatic rings. The van der Waals surface area contributed by atoms with Crippen LogP contribution in [0.15, 0.2) is 18.2 Å². The predicted octanol–water partition coefficient (Wildman–Crippen LogP) is 3.70. The fourth-order valence-corrected chi connectivity index (χ4v) is 1.49. The molecule has 0 heterocycles. The second-order valence-corrected chi connectivity index (χ2v) is 3.93. The maximum atomic E-state index is 13.6. The zero-order chi connectivity index (χ0) is 13.8. The molecule has 0 unspecified atom stereocenters. The van der Waals surface area contributed by atoms with Crippen LogP contribution in [-0.4, -0.2) is 11.1 Å². The first kappa shape index (κ1) is 14.5. The zero-order valence-corrected chi connectivity index (χ0v) is 9.43. The summed E-state index contributed by atoms with van der Waals surface area (Å²) in [6, 6.07) is 1.94. The van der Waals surface area contributed by atoms with E-state index in [2.05, 4.69) is 0 Å². The average molecular weight is 264 g/mol. The number of hydrogen-bond acceptors (Lipinski definition) is 1. The minimum atomic E-state index is -3.28. The normalized spacial score (nSPS) is 11.6. The standard InChI is InChI=1S/C12H12F4O2/c13-9-5-4-8(7-10(9)14)12(15,16)6-2-1-3-11(17)18/h4-5,7H,1-3,6H2,(H,17,18). The quantitative estimate of drug-likeness (QED) is 0.628. The summed E-state index contributed by atoms with van der Waals surface area (Å²) < 4.78 is 52.5. The Kier molecular flexibility index (Phi) is 4.69. The van der Waals surface area contributed by atoms with Crippen molar-refractivity contribution in [1.82, 2.24) is 0 Å². The van der Waals surface area contributed by atoms with Crippen LogP contribution in [0.4, 0.5) is 17.6 Å². The number of aliphatic carboxylic acids is 1. The van der Waals surface area contributed by atoms with Gasteiger partial charge in [-0.3, -0.25) is 4.79 Å².